The lowest BCUT2D eigenvalue weighted by molar-refractivity contribution is 0.470. The molecule has 1 heterocycles. The Morgan fingerprint density at radius 1 is 1.15 bits per heavy atom. The Labute approximate surface area is 115 Å². The maximum absolute atomic E-state index is 13.0. The zero-order valence-electron chi connectivity index (χ0n) is 10.9. The Bertz CT molecular complexity index is 515. The van der Waals surface area contributed by atoms with Crippen molar-refractivity contribution in [3.05, 3.63) is 29.8 Å². The second-order valence-corrected chi connectivity index (χ2v) is 4.64. The number of nitrogens with two attached hydrogens (primary N) is 2. The van der Waals surface area contributed by atoms with Crippen LogP contribution in [0, 0.1) is 11.6 Å². The average Bonchev–Trinajstić information content (AvgIpc) is 2.38. The van der Waals surface area contributed by atoms with E-state index in [2.05, 4.69) is 15.3 Å². The maximum atomic E-state index is 13.0. The van der Waals surface area contributed by atoms with Crippen molar-refractivity contribution in [2.24, 2.45) is 21.5 Å². The summed E-state index contributed by atoms with van der Waals surface area (Å²) in [5.74, 6) is -1.23. The molecule has 0 amide bonds. The fourth-order valence-electron chi connectivity index (χ4n) is 2.08. The topological polar surface area (TPSA) is 88.8 Å². The van der Waals surface area contributed by atoms with Gasteiger partial charge in [0.05, 0.1) is 11.7 Å². The van der Waals surface area contributed by atoms with Crippen LogP contribution in [0.25, 0.3) is 0 Å². The number of hydrogen-bond donors (Lipinski definition) is 3. The van der Waals surface area contributed by atoms with Gasteiger partial charge in [0.15, 0.2) is 0 Å². The third-order valence-corrected chi connectivity index (χ3v) is 3.00. The minimum absolute atomic E-state index is 0.0262. The van der Waals surface area contributed by atoms with Crippen LogP contribution in [-0.2, 0) is 0 Å². The van der Waals surface area contributed by atoms with Gasteiger partial charge in [-0.1, -0.05) is 6.42 Å². The van der Waals surface area contributed by atoms with E-state index < -0.39 is 11.6 Å². The van der Waals surface area contributed by atoms with E-state index in [0.29, 0.717) is 5.84 Å². The van der Waals surface area contributed by atoms with Crippen molar-refractivity contribution in [2.45, 2.75) is 25.3 Å². The molecule has 20 heavy (non-hydrogen) atoms. The van der Waals surface area contributed by atoms with Crippen LogP contribution < -0.4 is 16.8 Å². The zero-order valence-corrected chi connectivity index (χ0v) is 10.9. The molecule has 1 atom stereocenters. The third kappa shape index (κ3) is 3.99. The fourth-order valence-corrected chi connectivity index (χ4v) is 2.08. The van der Waals surface area contributed by atoms with Gasteiger partial charge in [0.25, 0.3) is 0 Å². The van der Waals surface area contributed by atoms with Crippen LogP contribution in [0.15, 0.2) is 28.2 Å². The normalized spacial score (nSPS) is 21.0. The number of halogens is 2. The molecule has 0 aromatic heterocycles. The van der Waals surface area contributed by atoms with E-state index in [1.165, 1.54) is 0 Å². The van der Waals surface area contributed by atoms with Crippen molar-refractivity contribution >= 4 is 17.5 Å². The predicted octanol–water partition coefficient (Wildman–Crippen LogP) is 1.41. The molecule has 1 aromatic carbocycles. The molecule has 0 saturated carbocycles. The molecule has 1 saturated heterocycles. The van der Waals surface area contributed by atoms with Crippen molar-refractivity contribution < 1.29 is 8.78 Å². The van der Waals surface area contributed by atoms with Gasteiger partial charge in [-0.05, 0) is 31.5 Å². The van der Waals surface area contributed by atoms with Gasteiger partial charge in [-0.2, -0.15) is 4.99 Å². The molecule has 0 radical (unpaired) electrons. The highest BCUT2D eigenvalue weighted by atomic mass is 19.1. The van der Waals surface area contributed by atoms with Crippen LogP contribution in [0.2, 0.25) is 0 Å². The monoisotopic (exact) mass is 281 g/mol. The average molecular weight is 281 g/mol. The second kappa shape index (κ2) is 6.42. The summed E-state index contributed by atoms with van der Waals surface area (Å²) in [6, 6.07) is 2.88. The lowest BCUT2D eigenvalue weighted by Crippen LogP contribution is -2.45. The highest BCUT2D eigenvalue weighted by Crippen LogP contribution is 2.16. The van der Waals surface area contributed by atoms with E-state index in [1.54, 1.807) is 0 Å². The molecular formula is C13H17F2N5. The molecule has 5 nitrogen and oxygen atoms in total. The zero-order chi connectivity index (χ0) is 14.5. The summed E-state index contributed by atoms with van der Waals surface area (Å²) in [6.45, 7) is 0.882. The Kier molecular flexibility index (Phi) is 4.62. The molecule has 1 aliphatic rings. The predicted molar refractivity (Wildman–Crippen MR) is 74.9 cm³/mol. The minimum Gasteiger partial charge on any atom is -0.386 e. The number of nitrogens with zero attached hydrogens (tertiary/aromatic N) is 2. The van der Waals surface area contributed by atoms with Crippen molar-refractivity contribution in [1.29, 1.82) is 0 Å². The van der Waals surface area contributed by atoms with E-state index in [9.17, 15) is 8.78 Å². The smallest absolute Gasteiger partial charge is 0.222 e. The minimum atomic E-state index is -0.720. The Morgan fingerprint density at radius 3 is 2.45 bits per heavy atom. The SMILES string of the molecule is NC(=Nc1cc(F)cc(F)c1)N=C(N)C1CCCCN1. The first-order chi connectivity index (χ1) is 9.54. The van der Waals surface area contributed by atoms with Crippen LogP contribution in [0.5, 0.6) is 0 Å². The summed E-state index contributed by atoms with van der Waals surface area (Å²) in [4.78, 5) is 7.80. The largest absolute Gasteiger partial charge is 0.386 e. The van der Waals surface area contributed by atoms with Crippen LogP contribution in [-0.4, -0.2) is 24.4 Å². The standard InChI is InChI=1S/C13H17F2N5/c14-8-5-9(15)7-10(6-8)19-13(17)20-12(16)11-3-1-2-4-18-11/h5-7,11,18H,1-4H2,(H4,16,17,19,20). The molecule has 1 aliphatic heterocycles. The van der Waals surface area contributed by atoms with E-state index in [1.807, 2.05) is 0 Å². The van der Waals surface area contributed by atoms with Crippen molar-refractivity contribution in [3.63, 3.8) is 0 Å². The van der Waals surface area contributed by atoms with Crippen molar-refractivity contribution in [2.75, 3.05) is 6.54 Å². The maximum Gasteiger partial charge on any atom is 0.222 e. The number of guanidine groups is 1. The molecule has 0 spiro atoms. The van der Waals surface area contributed by atoms with E-state index in [4.69, 9.17) is 11.5 Å². The van der Waals surface area contributed by atoms with Gasteiger partial charge < -0.3 is 16.8 Å². The lowest BCUT2D eigenvalue weighted by atomic mass is 10.0. The number of nitrogens with one attached hydrogen (secondary N) is 1. The molecule has 2 rings (SSSR count). The first kappa shape index (κ1) is 14.4. The number of hydrogen-bond acceptors (Lipinski definition) is 2. The molecular weight excluding hydrogens is 264 g/mol. The number of amidine groups is 1. The fraction of sp³-hybridized carbons (Fsp3) is 0.385. The molecule has 1 unspecified atom stereocenters. The number of piperidine rings is 1. The van der Waals surface area contributed by atoms with Gasteiger partial charge in [-0.3, -0.25) is 0 Å². The first-order valence-corrected chi connectivity index (χ1v) is 6.42. The Morgan fingerprint density at radius 2 is 1.85 bits per heavy atom. The Balaban J connectivity index is 2.12. The highest BCUT2D eigenvalue weighted by Gasteiger charge is 2.16. The number of rotatable bonds is 2. The quantitative estimate of drug-likeness (QED) is 0.565. The van der Waals surface area contributed by atoms with E-state index in [0.717, 1.165) is 44.0 Å². The number of benzene rings is 1. The van der Waals surface area contributed by atoms with Gasteiger partial charge in [0, 0.05) is 6.07 Å². The molecule has 7 heteroatoms. The van der Waals surface area contributed by atoms with Gasteiger partial charge in [-0.25, -0.2) is 13.8 Å². The van der Waals surface area contributed by atoms with Gasteiger partial charge in [0.1, 0.15) is 17.5 Å². The van der Waals surface area contributed by atoms with E-state index in [-0.39, 0.29) is 17.7 Å². The van der Waals surface area contributed by atoms with Gasteiger partial charge in [0.2, 0.25) is 5.96 Å². The van der Waals surface area contributed by atoms with Crippen LogP contribution in [0.3, 0.4) is 0 Å². The highest BCUT2D eigenvalue weighted by molar-refractivity contribution is 5.97. The van der Waals surface area contributed by atoms with Crippen LogP contribution in [0.1, 0.15) is 19.3 Å². The summed E-state index contributed by atoms with van der Waals surface area (Å²) in [7, 11) is 0. The third-order valence-electron chi connectivity index (χ3n) is 3.00. The molecule has 5 N–H and O–H groups in total. The summed E-state index contributed by atoms with van der Waals surface area (Å²) >= 11 is 0. The number of aliphatic imine (C=N–C) groups is 2. The second-order valence-electron chi connectivity index (χ2n) is 4.64. The van der Waals surface area contributed by atoms with Crippen LogP contribution >= 0.6 is 0 Å². The molecule has 1 fully saturated rings. The van der Waals surface area contributed by atoms with E-state index >= 15 is 0 Å². The first-order valence-electron chi connectivity index (χ1n) is 6.42. The van der Waals surface area contributed by atoms with Crippen LogP contribution in [0.4, 0.5) is 14.5 Å². The summed E-state index contributed by atoms with van der Waals surface area (Å²) < 4.78 is 26.0. The van der Waals surface area contributed by atoms with Crippen molar-refractivity contribution in [3.8, 4) is 0 Å². The van der Waals surface area contributed by atoms with Crippen molar-refractivity contribution in [1.82, 2.24) is 5.32 Å². The summed E-state index contributed by atoms with van der Waals surface area (Å²) in [6.07, 6.45) is 3.06. The molecule has 0 aliphatic carbocycles. The van der Waals surface area contributed by atoms with Gasteiger partial charge >= 0.3 is 0 Å². The lowest BCUT2D eigenvalue weighted by Gasteiger charge is -2.22. The molecule has 1 aromatic rings. The Hall–Kier alpha value is -2.02. The molecule has 0 bridgehead atoms. The van der Waals surface area contributed by atoms with Gasteiger partial charge in [-0.15, -0.1) is 0 Å². The molecule has 108 valence electrons. The summed E-state index contributed by atoms with van der Waals surface area (Å²) in [5, 5.41) is 3.22. The summed E-state index contributed by atoms with van der Waals surface area (Å²) in [5.41, 5.74) is 11.5.